The molecule has 1 saturated heterocycles. The van der Waals surface area contributed by atoms with Crippen molar-refractivity contribution < 1.29 is 19.0 Å². The molecule has 1 aromatic rings. The van der Waals surface area contributed by atoms with Crippen LogP contribution >= 0.6 is 24.0 Å². The first-order valence-electron chi connectivity index (χ1n) is 11.0. The van der Waals surface area contributed by atoms with E-state index >= 15 is 0 Å². The maximum absolute atomic E-state index is 12.2. The van der Waals surface area contributed by atoms with Gasteiger partial charge in [0.1, 0.15) is 17.1 Å². The second-order valence-corrected chi connectivity index (χ2v) is 8.66. The Balaban J connectivity index is 0.00000512. The first-order valence-corrected chi connectivity index (χ1v) is 11.0. The Hall–Kier alpha value is -1.91. The number of nitrogens with zero attached hydrogens (tertiary/aromatic N) is 2. The summed E-state index contributed by atoms with van der Waals surface area (Å²) in [6.45, 7) is 11.3. The summed E-state index contributed by atoms with van der Waals surface area (Å²) in [6.07, 6.45) is 1.66. The highest BCUT2D eigenvalue weighted by atomic mass is 127. The Kier molecular flexibility index (Phi) is 11.9. The summed E-state index contributed by atoms with van der Waals surface area (Å²) in [4.78, 5) is 18.7. The molecule has 1 heterocycles. The fourth-order valence-corrected chi connectivity index (χ4v) is 3.38. The Morgan fingerprint density at radius 3 is 2.41 bits per heavy atom. The van der Waals surface area contributed by atoms with Crippen molar-refractivity contribution in [1.29, 1.82) is 0 Å². The van der Waals surface area contributed by atoms with Gasteiger partial charge in [-0.1, -0.05) is 0 Å². The van der Waals surface area contributed by atoms with Gasteiger partial charge in [0.25, 0.3) is 0 Å². The van der Waals surface area contributed by atoms with Crippen molar-refractivity contribution in [3.05, 3.63) is 23.8 Å². The summed E-state index contributed by atoms with van der Waals surface area (Å²) in [5.41, 5.74) is 0.533. The molecule has 1 aliphatic heterocycles. The number of amides is 1. The van der Waals surface area contributed by atoms with Gasteiger partial charge in [0.15, 0.2) is 5.96 Å². The number of benzene rings is 1. The molecule has 1 amide bonds. The summed E-state index contributed by atoms with van der Waals surface area (Å²) < 4.78 is 16.2. The Morgan fingerprint density at radius 1 is 1.16 bits per heavy atom. The van der Waals surface area contributed by atoms with Gasteiger partial charge in [-0.2, -0.15) is 0 Å². The minimum atomic E-state index is -0.459. The molecule has 0 unspecified atom stereocenters. The number of nitrogens with one attached hydrogen (secondary N) is 2. The van der Waals surface area contributed by atoms with Crippen molar-refractivity contribution in [3.8, 4) is 11.5 Å². The van der Waals surface area contributed by atoms with E-state index < -0.39 is 5.60 Å². The van der Waals surface area contributed by atoms with Gasteiger partial charge in [-0.15, -0.1) is 24.0 Å². The second-order valence-electron chi connectivity index (χ2n) is 8.66. The number of likely N-dealkylation sites (tertiary alicyclic amines) is 1. The number of hydrogen-bond donors (Lipinski definition) is 2. The number of piperidine rings is 1. The van der Waals surface area contributed by atoms with E-state index in [1.54, 1.807) is 19.1 Å². The molecule has 1 aliphatic rings. The summed E-state index contributed by atoms with van der Waals surface area (Å²) in [5, 5.41) is 6.74. The Labute approximate surface area is 209 Å². The predicted molar refractivity (Wildman–Crippen MR) is 138 cm³/mol. The van der Waals surface area contributed by atoms with Gasteiger partial charge in [-0.05, 0) is 58.6 Å². The fraction of sp³-hybridized carbons (Fsp3) is 0.652. The van der Waals surface area contributed by atoms with Crippen molar-refractivity contribution in [2.75, 3.05) is 40.4 Å². The third-order valence-electron chi connectivity index (χ3n) is 5.07. The third kappa shape index (κ3) is 9.30. The molecule has 182 valence electrons. The molecule has 0 aliphatic carbocycles. The zero-order valence-electron chi connectivity index (χ0n) is 20.2. The van der Waals surface area contributed by atoms with E-state index in [-0.39, 0.29) is 30.1 Å². The van der Waals surface area contributed by atoms with E-state index in [2.05, 4.69) is 10.6 Å². The van der Waals surface area contributed by atoms with E-state index in [0.29, 0.717) is 12.5 Å². The molecule has 0 spiro atoms. The fourth-order valence-electron chi connectivity index (χ4n) is 3.38. The van der Waals surface area contributed by atoms with Crippen LogP contribution in [0.1, 0.15) is 46.1 Å². The normalized spacial score (nSPS) is 14.9. The number of hydrogen-bond acceptors (Lipinski definition) is 5. The zero-order chi connectivity index (χ0) is 22.9. The number of carbonyl (C=O) groups is 1. The molecule has 32 heavy (non-hydrogen) atoms. The van der Waals surface area contributed by atoms with Gasteiger partial charge in [0.2, 0.25) is 0 Å². The van der Waals surface area contributed by atoms with E-state index in [1.807, 2.05) is 45.9 Å². The lowest BCUT2D eigenvalue weighted by atomic mass is 9.97. The molecule has 0 saturated carbocycles. The topological polar surface area (TPSA) is 84.4 Å². The molecule has 9 heteroatoms. The molecule has 0 radical (unpaired) electrons. The van der Waals surface area contributed by atoms with Crippen LogP contribution < -0.4 is 20.1 Å². The highest BCUT2D eigenvalue weighted by Gasteiger charge is 2.26. The summed E-state index contributed by atoms with van der Waals surface area (Å²) in [7, 11) is 3.28. The Morgan fingerprint density at radius 2 is 1.84 bits per heavy atom. The van der Waals surface area contributed by atoms with Crippen LogP contribution in [0.4, 0.5) is 4.79 Å². The maximum atomic E-state index is 12.2. The van der Waals surface area contributed by atoms with Gasteiger partial charge < -0.3 is 29.7 Å². The van der Waals surface area contributed by atoms with Crippen LogP contribution in [-0.2, 0) is 11.3 Å². The third-order valence-corrected chi connectivity index (χ3v) is 5.07. The van der Waals surface area contributed by atoms with Crippen LogP contribution in [0.5, 0.6) is 11.5 Å². The molecule has 0 atom stereocenters. The molecular formula is C23H39IN4O4. The smallest absolute Gasteiger partial charge is 0.410 e. The second kappa shape index (κ2) is 13.6. The number of rotatable bonds is 7. The summed E-state index contributed by atoms with van der Waals surface area (Å²) >= 11 is 0. The number of ether oxygens (including phenoxy) is 3. The molecule has 1 fully saturated rings. The number of guanidine groups is 1. The highest BCUT2D eigenvalue weighted by molar-refractivity contribution is 14.0. The number of halogens is 1. The van der Waals surface area contributed by atoms with E-state index in [9.17, 15) is 4.79 Å². The van der Waals surface area contributed by atoms with Crippen LogP contribution in [0.25, 0.3) is 0 Å². The van der Waals surface area contributed by atoms with Gasteiger partial charge in [-0.3, -0.25) is 0 Å². The standard InChI is InChI=1S/C23H38N4O4.HI/c1-7-24-21(26-16-18-8-9-19(29-5)14-20(18)30-6)25-15-17-10-12-27(13-11-17)22(28)31-23(2,3)4;/h8-9,14,17H,7,10-13,15-16H2,1-6H3,(H2,24,25,26);1H. The van der Waals surface area contributed by atoms with Crippen molar-refractivity contribution in [2.24, 2.45) is 10.9 Å². The first kappa shape index (κ1) is 28.1. The number of methoxy groups -OCH3 is 2. The molecule has 1 aromatic carbocycles. The SMILES string of the molecule is CCNC(=NCc1ccc(OC)cc1OC)NCC1CCN(C(=O)OC(C)(C)C)CC1.I. The maximum Gasteiger partial charge on any atom is 0.410 e. The lowest BCUT2D eigenvalue weighted by Crippen LogP contribution is -2.45. The monoisotopic (exact) mass is 562 g/mol. The molecule has 0 aromatic heterocycles. The number of aliphatic imine (C=N–C) groups is 1. The lowest BCUT2D eigenvalue weighted by Gasteiger charge is -2.33. The largest absolute Gasteiger partial charge is 0.497 e. The lowest BCUT2D eigenvalue weighted by molar-refractivity contribution is 0.0185. The van der Waals surface area contributed by atoms with Crippen LogP contribution in [0, 0.1) is 5.92 Å². The quantitative estimate of drug-likeness (QED) is 0.297. The van der Waals surface area contributed by atoms with Crippen molar-refractivity contribution in [3.63, 3.8) is 0 Å². The van der Waals surface area contributed by atoms with Gasteiger partial charge in [0.05, 0.1) is 20.8 Å². The van der Waals surface area contributed by atoms with Crippen molar-refractivity contribution in [1.82, 2.24) is 15.5 Å². The van der Waals surface area contributed by atoms with E-state index in [4.69, 9.17) is 19.2 Å². The summed E-state index contributed by atoms with van der Waals surface area (Å²) in [6, 6.07) is 5.74. The van der Waals surface area contributed by atoms with Gasteiger partial charge in [0, 0.05) is 37.8 Å². The van der Waals surface area contributed by atoms with E-state index in [1.165, 1.54) is 0 Å². The Bertz CT molecular complexity index is 744. The number of carbonyl (C=O) groups excluding carboxylic acids is 1. The first-order chi connectivity index (χ1) is 14.8. The highest BCUT2D eigenvalue weighted by Crippen LogP contribution is 2.25. The molecule has 2 rings (SSSR count). The average Bonchev–Trinajstić information content (AvgIpc) is 2.74. The molecule has 0 bridgehead atoms. The van der Waals surface area contributed by atoms with Crippen LogP contribution in [0.3, 0.4) is 0 Å². The minimum Gasteiger partial charge on any atom is -0.497 e. The van der Waals surface area contributed by atoms with Crippen molar-refractivity contribution in [2.45, 2.75) is 52.7 Å². The zero-order valence-corrected chi connectivity index (χ0v) is 22.5. The minimum absolute atomic E-state index is 0. The van der Waals surface area contributed by atoms with Gasteiger partial charge >= 0.3 is 6.09 Å². The van der Waals surface area contributed by atoms with E-state index in [0.717, 1.165) is 62.0 Å². The van der Waals surface area contributed by atoms with Crippen LogP contribution in [-0.4, -0.2) is 63.0 Å². The average molecular weight is 562 g/mol. The van der Waals surface area contributed by atoms with Crippen molar-refractivity contribution >= 4 is 36.0 Å². The molecule has 2 N–H and O–H groups in total. The molecule has 8 nitrogen and oxygen atoms in total. The van der Waals surface area contributed by atoms with Crippen LogP contribution in [0.15, 0.2) is 23.2 Å². The van der Waals surface area contributed by atoms with Crippen LogP contribution in [0.2, 0.25) is 0 Å². The van der Waals surface area contributed by atoms with Gasteiger partial charge in [-0.25, -0.2) is 9.79 Å². The predicted octanol–water partition coefficient (Wildman–Crippen LogP) is 4.02. The molecular weight excluding hydrogens is 523 g/mol. The summed E-state index contributed by atoms with van der Waals surface area (Å²) in [5.74, 6) is 2.77.